The van der Waals surface area contributed by atoms with Crippen LogP contribution in [0.25, 0.3) is 0 Å². The van der Waals surface area contributed by atoms with Crippen molar-refractivity contribution in [3.63, 3.8) is 0 Å². The molecule has 12 heavy (non-hydrogen) atoms. The van der Waals surface area contributed by atoms with E-state index in [9.17, 15) is 9.59 Å². The minimum atomic E-state index is -0.890. The van der Waals surface area contributed by atoms with E-state index < -0.39 is 17.8 Å². The normalized spacial score (nSPS) is 27.4. The zero-order valence-corrected chi connectivity index (χ0v) is 6.95. The Morgan fingerprint density at radius 3 is 2.33 bits per heavy atom. The second kappa shape index (κ2) is 3.56. The van der Waals surface area contributed by atoms with E-state index in [4.69, 9.17) is 9.84 Å². The number of carboxylic acids is 1. The van der Waals surface area contributed by atoms with Gasteiger partial charge in [-0.3, -0.25) is 9.59 Å². The summed E-state index contributed by atoms with van der Waals surface area (Å²) in [5, 5.41) is 8.61. The fourth-order valence-corrected chi connectivity index (χ4v) is 1.33. The molecule has 0 aromatic rings. The summed E-state index contributed by atoms with van der Waals surface area (Å²) < 4.78 is 4.72. The average Bonchev–Trinajstić information content (AvgIpc) is 1.82. The van der Waals surface area contributed by atoms with Gasteiger partial charge in [0.25, 0.3) is 0 Å². The predicted molar refractivity (Wildman–Crippen MR) is 40.5 cm³/mol. The van der Waals surface area contributed by atoms with Crippen LogP contribution in [-0.4, -0.2) is 23.7 Å². The van der Waals surface area contributed by atoms with Crippen LogP contribution in [0.5, 0.6) is 0 Å². The maximum Gasteiger partial charge on any atom is 0.309 e. The van der Waals surface area contributed by atoms with Crippen molar-refractivity contribution in [3.8, 4) is 0 Å². The third-order valence-electron chi connectivity index (χ3n) is 2.18. The number of ether oxygens (including phenoxy) is 1. The molecule has 0 aliphatic heterocycles. The Hall–Kier alpha value is -1.06. The van der Waals surface area contributed by atoms with Crippen LogP contribution >= 0.6 is 0 Å². The van der Waals surface area contributed by atoms with Gasteiger partial charge in [-0.15, -0.1) is 0 Å². The van der Waals surface area contributed by atoms with Gasteiger partial charge >= 0.3 is 11.9 Å². The van der Waals surface area contributed by atoms with Gasteiger partial charge in [-0.25, -0.2) is 0 Å². The smallest absolute Gasteiger partial charge is 0.309 e. The van der Waals surface area contributed by atoms with Crippen molar-refractivity contribution < 1.29 is 19.4 Å². The number of aliphatic carboxylic acids is 1. The maximum absolute atomic E-state index is 11.1. The summed E-state index contributed by atoms with van der Waals surface area (Å²) in [4.78, 5) is 21.5. The predicted octanol–water partition coefficient (Wildman–Crippen LogP) is 0.660. The van der Waals surface area contributed by atoms with Crippen molar-refractivity contribution in [1.29, 1.82) is 0 Å². The molecular formula is C8H12O4. The first-order valence-corrected chi connectivity index (χ1v) is 4.06. The minimum absolute atomic E-state index is 0.321. The molecule has 0 amide bonds. The monoisotopic (exact) mass is 172 g/mol. The highest BCUT2D eigenvalue weighted by Crippen LogP contribution is 2.35. The molecular weight excluding hydrogens is 160 g/mol. The third kappa shape index (κ3) is 1.57. The van der Waals surface area contributed by atoms with E-state index >= 15 is 0 Å². The Kier molecular flexibility index (Phi) is 2.68. The highest BCUT2D eigenvalue weighted by atomic mass is 16.5. The summed E-state index contributed by atoms with van der Waals surface area (Å²) in [6, 6.07) is 0. The molecule has 2 atom stereocenters. The third-order valence-corrected chi connectivity index (χ3v) is 2.18. The van der Waals surface area contributed by atoms with Crippen LogP contribution in [0, 0.1) is 11.8 Å². The fraction of sp³-hybridized carbons (Fsp3) is 0.750. The first kappa shape index (κ1) is 9.03. The van der Waals surface area contributed by atoms with Crippen molar-refractivity contribution in [2.75, 3.05) is 6.61 Å². The van der Waals surface area contributed by atoms with Crippen LogP contribution in [0.1, 0.15) is 19.8 Å². The molecule has 0 aromatic carbocycles. The van der Waals surface area contributed by atoms with E-state index in [1.54, 1.807) is 6.92 Å². The Morgan fingerprint density at radius 1 is 1.42 bits per heavy atom. The van der Waals surface area contributed by atoms with Crippen LogP contribution in [0.2, 0.25) is 0 Å². The van der Waals surface area contributed by atoms with Crippen molar-refractivity contribution in [3.05, 3.63) is 0 Å². The highest BCUT2D eigenvalue weighted by Gasteiger charge is 2.42. The largest absolute Gasteiger partial charge is 0.481 e. The van der Waals surface area contributed by atoms with Crippen LogP contribution in [0.4, 0.5) is 0 Å². The molecule has 0 spiro atoms. The molecule has 1 rings (SSSR count). The zero-order chi connectivity index (χ0) is 9.14. The molecule has 0 saturated heterocycles. The summed E-state index contributed by atoms with van der Waals surface area (Å²) in [6.07, 6.45) is 1.24. The van der Waals surface area contributed by atoms with Gasteiger partial charge in [0.1, 0.15) is 0 Å². The Labute approximate surface area is 70.5 Å². The van der Waals surface area contributed by atoms with Gasteiger partial charge in [-0.1, -0.05) is 0 Å². The average molecular weight is 172 g/mol. The van der Waals surface area contributed by atoms with Crippen LogP contribution in [-0.2, 0) is 14.3 Å². The van der Waals surface area contributed by atoms with E-state index in [0.717, 1.165) is 0 Å². The van der Waals surface area contributed by atoms with E-state index in [1.165, 1.54) is 0 Å². The van der Waals surface area contributed by atoms with Gasteiger partial charge in [-0.2, -0.15) is 0 Å². The number of esters is 1. The van der Waals surface area contributed by atoms with Gasteiger partial charge < -0.3 is 9.84 Å². The SMILES string of the molecule is CCOC(=O)[C@@H]1CC[C@H]1C(=O)O. The van der Waals surface area contributed by atoms with E-state index in [2.05, 4.69) is 0 Å². The zero-order valence-electron chi connectivity index (χ0n) is 6.95. The summed E-state index contributed by atoms with van der Waals surface area (Å²) in [5.41, 5.74) is 0. The van der Waals surface area contributed by atoms with Gasteiger partial charge in [0.05, 0.1) is 18.4 Å². The maximum atomic E-state index is 11.1. The lowest BCUT2D eigenvalue weighted by molar-refractivity contribution is -0.163. The molecule has 1 N–H and O–H groups in total. The van der Waals surface area contributed by atoms with E-state index in [-0.39, 0.29) is 5.97 Å². The van der Waals surface area contributed by atoms with Gasteiger partial charge in [0, 0.05) is 0 Å². The summed E-state index contributed by atoms with van der Waals surface area (Å²) >= 11 is 0. The van der Waals surface area contributed by atoms with Gasteiger partial charge in [-0.05, 0) is 19.8 Å². The molecule has 0 unspecified atom stereocenters. The molecule has 0 bridgehead atoms. The van der Waals surface area contributed by atoms with Crippen LogP contribution < -0.4 is 0 Å². The lowest BCUT2D eigenvalue weighted by Crippen LogP contribution is -2.39. The topological polar surface area (TPSA) is 63.6 Å². The number of hydrogen-bond acceptors (Lipinski definition) is 3. The summed E-state index contributed by atoms with van der Waals surface area (Å²) in [7, 11) is 0. The van der Waals surface area contributed by atoms with Crippen molar-refractivity contribution in [1.82, 2.24) is 0 Å². The number of hydrogen-bond donors (Lipinski definition) is 1. The number of carboxylic acid groups (broad SMARTS) is 1. The van der Waals surface area contributed by atoms with E-state index in [1.807, 2.05) is 0 Å². The Morgan fingerprint density at radius 2 is 2.00 bits per heavy atom. The number of carbonyl (C=O) groups is 2. The standard InChI is InChI=1S/C8H12O4/c1-2-12-8(11)6-4-3-5(6)7(9)10/h5-6H,2-4H2,1H3,(H,9,10)/t5-,6-/m1/s1. The van der Waals surface area contributed by atoms with Crippen molar-refractivity contribution in [2.24, 2.45) is 11.8 Å². The molecule has 0 heterocycles. The second-order valence-corrected chi connectivity index (χ2v) is 2.88. The van der Waals surface area contributed by atoms with Crippen molar-refractivity contribution >= 4 is 11.9 Å². The summed E-state index contributed by atoms with van der Waals surface area (Å²) in [5.74, 6) is -2.16. The molecule has 1 aliphatic rings. The van der Waals surface area contributed by atoms with Crippen molar-refractivity contribution in [2.45, 2.75) is 19.8 Å². The second-order valence-electron chi connectivity index (χ2n) is 2.88. The lowest BCUT2D eigenvalue weighted by atomic mass is 9.74. The molecule has 68 valence electrons. The van der Waals surface area contributed by atoms with Gasteiger partial charge in [0.15, 0.2) is 0 Å². The Bertz CT molecular complexity index is 199. The molecule has 1 saturated carbocycles. The molecule has 0 radical (unpaired) electrons. The lowest BCUT2D eigenvalue weighted by Gasteiger charge is -2.30. The highest BCUT2D eigenvalue weighted by molar-refractivity contribution is 5.82. The van der Waals surface area contributed by atoms with Crippen LogP contribution in [0.3, 0.4) is 0 Å². The van der Waals surface area contributed by atoms with Gasteiger partial charge in [0.2, 0.25) is 0 Å². The quantitative estimate of drug-likeness (QED) is 0.635. The number of rotatable bonds is 3. The van der Waals surface area contributed by atoms with E-state index in [0.29, 0.717) is 19.4 Å². The first-order valence-electron chi connectivity index (χ1n) is 4.06. The molecule has 4 nitrogen and oxygen atoms in total. The molecule has 4 heteroatoms. The Balaban J connectivity index is 2.43. The summed E-state index contributed by atoms with van der Waals surface area (Å²) in [6.45, 7) is 2.04. The fourth-order valence-electron chi connectivity index (χ4n) is 1.33. The minimum Gasteiger partial charge on any atom is -0.481 e. The molecule has 0 aromatic heterocycles. The first-order chi connectivity index (χ1) is 5.66. The number of carbonyl (C=O) groups excluding carboxylic acids is 1. The molecule has 1 fully saturated rings. The van der Waals surface area contributed by atoms with Crippen LogP contribution in [0.15, 0.2) is 0 Å². The molecule has 1 aliphatic carbocycles.